The molecule has 122 valence electrons. The number of nitrogens with one attached hydrogen (secondary N) is 2. The lowest BCUT2D eigenvalue weighted by atomic mass is 10.3. The third-order valence-corrected chi connectivity index (χ3v) is 3.89. The summed E-state index contributed by atoms with van der Waals surface area (Å²) in [6, 6.07) is 0.231. The fourth-order valence-corrected chi connectivity index (χ4v) is 2.49. The van der Waals surface area contributed by atoms with Crippen LogP contribution in [0.3, 0.4) is 0 Å². The van der Waals surface area contributed by atoms with Gasteiger partial charge in [0.25, 0.3) is 0 Å². The molecule has 1 aromatic rings. The van der Waals surface area contributed by atoms with Crippen molar-refractivity contribution >= 4 is 11.9 Å². The van der Waals surface area contributed by atoms with Crippen molar-refractivity contribution in [3.05, 3.63) is 17.3 Å². The van der Waals surface area contributed by atoms with Gasteiger partial charge in [-0.3, -0.25) is 9.79 Å². The molecule has 0 spiro atoms. The zero-order valence-corrected chi connectivity index (χ0v) is 13.8. The first-order valence-electron chi connectivity index (χ1n) is 7.71. The first kappa shape index (κ1) is 16.3. The van der Waals surface area contributed by atoms with Gasteiger partial charge in [0, 0.05) is 32.6 Å². The van der Waals surface area contributed by atoms with Crippen LogP contribution in [0, 0.1) is 13.8 Å². The van der Waals surface area contributed by atoms with Crippen molar-refractivity contribution in [3.63, 3.8) is 0 Å². The average molecular weight is 307 g/mol. The van der Waals surface area contributed by atoms with E-state index in [9.17, 15) is 4.79 Å². The Kier molecular flexibility index (Phi) is 5.41. The van der Waals surface area contributed by atoms with Crippen LogP contribution in [0.15, 0.2) is 9.41 Å². The zero-order valence-electron chi connectivity index (χ0n) is 13.8. The van der Waals surface area contributed by atoms with Crippen molar-refractivity contribution in [2.45, 2.75) is 46.2 Å². The van der Waals surface area contributed by atoms with Crippen molar-refractivity contribution in [2.24, 2.45) is 4.99 Å². The number of nitrogens with zero attached hydrogens (tertiary/aromatic N) is 3. The summed E-state index contributed by atoms with van der Waals surface area (Å²) in [5.74, 6) is 2.39. The number of aliphatic imine (C=N–C) groups is 1. The van der Waals surface area contributed by atoms with Crippen molar-refractivity contribution in [2.75, 3.05) is 20.1 Å². The fourth-order valence-electron chi connectivity index (χ4n) is 2.49. The Hall–Kier alpha value is -2.05. The van der Waals surface area contributed by atoms with Crippen molar-refractivity contribution in [3.8, 4) is 0 Å². The van der Waals surface area contributed by atoms with E-state index in [1.165, 1.54) is 0 Å². The Morgan fingerprint density at radius 1 is 1.50 bits per heavy atom. The van der Waals surface area contributed by atoms with E-state index in [2.05, 4.69) is 20.6 Å². The summed E-state index contributed by atoms with van der Waals surface area (Å²) in [7, 11) is 1.73. The van der Waals surface area contributed by atoms with Crippen molar-refractivity contribution in [1.82, 2.24) is 20.5 Å². The van der Waals surface area contributed by atoms with Gasteiger partial charge < -0.3 is 20.0 Å². The van der Waals surface area contributed by atoms with Crippen LogP contribution in [-0.2, 0) is 11.3 Å². The molecule has 0 aromatic carbocycles. The maximum Gasteiger partial charge on any atom is 0.222 e. The molecule has 22 heavy (non-hydrogen) atoms. The largest absolute Gasteiger partial charge is 0.444 e. The predicted molar refractivity (Wildman–Crippen MR) is 84.6 cm³/mol. The molecule has 2 rings (SSSR count). The minimum atomic E-state index is 0.206. The molecule has 0 aliphatic carbocycles. The monoisotopic (exact) mass is 307 g/mol. The number of aromatic nitrogens is 1. The average Bonchev–Trinajstić information content (AvgIpc) is 3.10. The minimum Gasteiger partial charge on any atom is -0.444 e. The molecule has 1 fully saturated rings. The van der Waals surface area contributed by atoms with Gasteiger partial charge in [-0.2, -0.15) is 0 Å². The molecule has 1 saturated heterocycles. The Labute approximate surface area is 131 Å². The standard InChI is InChI=1S/C15H25N5O2/c1-5-14(21)20-7-6-12(9-20)19-15(16-4)17-8-13-18-10(2)11(3)22-13/h12H,5-9H2,1-4H3,(H2,16,17,19). The molecular formula is C15H25N5O2. The Morgan fingerprint density at radius 2 is 2.27 bits per heavy atom. The normalized spacial score (nSPS) is 18.6. The molecule has 7 nitrogen and oxygen atoms in total. The van der Waals surface area contributed by atoms with Crippen LogP contribution in [0.5, 0.6) is 0 Å². The van der Waals surface area contributed by atoms with Gasteiger partial charge in [-0.15, -0.1) is 0 Å². The van der Waals surface area contributed by atoms with E-state index in [0.29, 0.717) is 24.8 Å². The van der Waals surface area contributed by atoms with E-state index in [-0.39, 0.29) is 11.9 Å². The van der Waals surface area contributed by atoms with E-state index < -0.39 is 0 Å². The molecule has 1 aliphatic rings. The molecular weight excluding hydrogens is 282 g/mol. The lowest BCUT2D eigenvalue weighted by Crippen LogP contribution is -2.44. The van der Waals surface area contributed by atoms with Gasteiger partial charge >= 0.3 is 0 Å². The number of hydrogen-bond donors (Lipinski definition) is 2. The molecule has 0 radical (unpaired) electrons. The number of carbonyl (C=O) groups excluding carboxylic acids is 1. The van der Waals surface area contributed by atoms with Crippen LogP contribution >= 0.6 is 0 Å². The van der Waals surface area contributed by atoms with Gasteiger partial charge in [0.15, 0.2) is 5.96 Å². The summed E-state index contributed by atoms with van der Waals surface area (Å²) < 4.78 is 5.53. The molecule has 2 heterocycles. The maximum atomic E-state index is 11.7. The number of oxazole rings is 1. The quantitative estimate of drug-likeness (QED) is 0.640. The smallest absolute Gasteiger partial charge is 0.222 e. The van der Waals surface area contributed by atoms with Crippen LogP contribution in [0.1, 0.15) is 37.1 Å². The van der Waals surface area contributed by atoms with Gasteiger partial charge in [-0.25, -0.2) is 4.98 Å². The Bertz CT molecular complexity index is 533. The molecule has 1 aromatic heterocycles. The van der Waals surface area contributed by atoms with Crippen molar-refractivity contribution in [1.29, 1.82) is 0 Å². The minimum absolute atomic E-state index is 0.206. The van der Waals surface area contributed by atoms with Gasteiger partial charge in [-0.1, -0.05) is 6.92 Å². The third kappa shape index (κ3) is 3.99. The molecule has 2 N–H and O–H groups in total. The van der Waals surface area contributed by atoms with Crippen LogP contribution in [0.4, 0.5) is 0 Å². The molecule has 0 bridgehead atoms. The highest BCUT2D eigenvalue weighted by atomic mass is 16.4. The van der Waals surface area contributed by atoms with Crippen molar-refractivity contribution < 1.29 is 9.21 Å². The van der Waals surface area contributed by atoms with E-state index >= 15 is 0 Å². The van der Waals surface area contributed by atoms with Gasteiger partial charge in [-0.05, 0) is 20.3 Å². The summed E-state index contributed by atoms with van der Waals surface area (Å²) in [6.45, 7) is 7.73. The van der Waals surface area contributed by atoms with E-state index in [1.807, 2.05) is 25.7 Å². The molecule has 1 atom stereocenters. The predicted octanol–water partition coefficient (Wildman–Crippen LogP) is 0.967. The third-order valence-electron chi connectivity index (χ3n) is 3.89. The van der Waals surface area contributed by atoms with E-state index in [4.69, 9.17) is 4.42 Å². The second-order valence-corrected chi connectivity index (χ2v) is 5.50. The van der Waals surface area contributed by atoms with E-state index in [1.54, 1.807) is 7.05 Å². The first-order valence-corrected chi connectivity index (χ1v) is 7.71. The number of guanidine groups is 1. The maximum absolute atomic E-state index is 11.7. The Balaban J connectivity index is 1.82. The summed E-state index contributed by atoms with van der Waals surface area (Å²) >= 11 is 0. The Morgan fingerprint density at radius 3 is 2.86 bits per heavy atom. The van der Waals surface area contributed by atoms with Gasteiger partial charge in [0.2, 0.25) is 11.8 Å². The lowest BCUT2D eigenvalue weighted by Gasteiger charge is -2.18. The number of rotatable bonds is 4. The molecule has 1 aliphatic heterocycles. The molecule has 1 amide bonds. The molecule has 0 saturated carbocycles. The highest BCUT2D eigenvalue weighted by Crippen LogP contribution is 2.11. The SMILES string of the molecule is CCC(=O)N1CCC(NC(=NC)NCc2nc(C)c(C)o2)C1. The number of likely N-dealkylation sites (tertiary alicyclic amines) is 1. The lowest BCUT2D eigenvalue weighted by molar-refractivity contribution is -0.129. The summed E-state index contributed by atoms with van der Waals surface area (Å²) in [4.78, 5) is 22.1. The number of aryl methyl sites for hydroxylation is 2. The number of amides is 1. The summed E-state index contributed by atoms with van der Waals surface area (Å²) in [5, 5.41) is 6.53. The number of carbonyl (C=O) groups is 1. The van der Waals surface area contributed by atoms with Gasteiger partial charge in [0.1, 0.15) is 5.76 Å². The highest BCUT2D eigenvalue weighted by molar-refractivity contribution is 5.80. The fraction of sp³-hybridized carbons (Fsp3) is 0.667. The van der Waals surface area contributed by atoms with Crippen LogP contribution < -0.4 is 10.6 Å². The molecule has 1 unspecified atom stereocenters. The first-order chi connectivity index (χ1) is 10.5. The highest BCUT2D eigenvalue weighted by Gasteiger charge is 2.25. The zero-order chi connectivity index (χ0) is 16.1. The van der Waals surface area contributed by atoms with Crippen LogP contribution in [0.25, 0.3) is 0 Å². The second-order valence-electron chi connectivity index (χ2n) is 5.50. The van der Waals surface area contributed by atoms with Gasteiger partial charge in [0.05, 0.1) is 12.2 Å². The summed E-state index contributed by atoms with van der Waals surface area (Å²) in [5.41, 5.74) is 0.907. The van der Waals surface area contributed by atoms with Crippen LogP contribution in [-0.4, -0.2) is 47.9 Å². The number of hydrogen-bond acceptors (Lipinski definition) is 4. The van der Waals surface area contributed by atoms with Crippen LogP contribution in [0.2, 0.25) is 0 Å². The topological polar surface area (TPSA) is 82.8 Å². The second kappa shape index (κ2) is 7.29. The molecule has 7 heteroatoms. The van der Waals surface area contributed by atoms with E-state index in [0.717, 1.165) is 31.0 Å². The summed E-state index contributed by atoms with van der Waals surface area (Å²) in [6.07, 6.45) is 1.49.